The molecule has 16 heavy (non-hydrogen) atoms. The monoisotopic (exact) mass is 396 g/mol. The lowest BCUT2D eigenvalue weighted by Gasteiger charge is -2.06. The number of hydrogen-bond acceptors (Lipinski definition) is 2. The largest absolute Gasteiger partial charge is 0.277 e. The van der Waals surface area contributed by atoms with Crippen molar-refractivity contribution < 1.29 is 4.39 Å². The van der Waals surface area contributed by atoms with Gasteiger partial charge in [0.25, 0.3) is 0 Å². The molecule has 0 aliphatic heterocycles. The van der Waals surface area contributed by atoms with Crippen LogP contribution in [0.5, 0.6) is 0 Å². The zero-order valence-electron chi connectivity index (χ0n) is 8.56. The van der Waals surface area contributed by atoms with E-state index in [1.807, 2.05) is 0 Å². The first-order chi connectivity index (χ1) is 7.66. The van der Waals surface area contributed by atoms with Gasteiger partial charge in [0.15, 0.2) is 0 Å². The fraction of sp³-hybridized carbons (Fsp3) is 0.364. The minimum absolute atomic E-state index is 0.247. The van der Waals surface area contributed by atoms with Gasteiger partial charge in [-0.25, -0.2) is 4.39 Å². The maximum Gasteiger partial charge on any atom is 0.138 e. The molecule has 1 fully saturated rings. The van der Waals surface area contributed by atoms with Crippen molar-refractivity contribution in [3.05, 3.63) is 26.0 Å². The summed E-state index contributed by atoms with van der Waals surface area (Å²) in [7, 11) is 0. The van der Waals surface area contributed by atoms with Gasteiger partial charge in [0.2, 0.25) is 0 Å². The number of halogens is 3. The first-order valence-corrected chi connectivity index (χ1v) is 7.00. The zero-order chi connectivity index (χ0) is 11.5. The summed E-state index contributed by atoms with van der Waals surface area (Å²) < 4.78 is 14.5. The molecule has 5 heteroatoms. The highest BCUT2D eigenvalue weighted by Crippen LogP contribution is 2.26. The van der Waals surface area contributed by atoms with Crippen molar-refractivity contribution in [2.45, 2.75) is 25.7 Å². The van der Waals surface area contributed by atoms with Crippen LogP contribution < -0.4 is 5.43 Å². The van der Waals surface area contributed by atoms with Gasteiger partial charge in [0.1, 0.15) is 5.82 Å². The smallest absolute Gasteiger partial charge is 0.138 e. The maximum atomic E-state index is 13.2. The van der Waals surface area contributed by atoms with Crippen LogP contribution >= 0.6 is 38.5 Å². The van der Waals surface area contributed by atoms with Gasteiger partial charge in [0, 0.05) is 9.28 Å². The lowest BCUT2D eigenvalue weighted by Crippen LogP contribution is -1.98. The molecule has 0 saturated heterocycles. The van der Waals surface area contributed by atoms with Gasteiger partial charge in [-0.1, -0.05) is 0 Å². The highest BCUT2D eigenvalue weighted by atomic mass is 127. The molecule has 0 atom stereocenters. The average Bonchev–Trinajstić information content (AvgIpc) is 2.74. The van der Waals surface area contributed by atoms with E-state index in [0.29, 0.717) is 4.47 Å². The second-order valence-electron chi connectivity index (χ2n) is 3.74. The Morgan fingerprint density at radius 3 is 2.69 bits per heavy atom. The van der Waals surface area contributed by atoms with E-state index in [0.717, 1.165) is 22.1 Å². The molecule has 0 spiro atoms. The molecule has 2 rings (SSSR count). The van der Waals surface area contributed by atoms with Gasteiger partial charge in [-0.2, -0.15) is 5.10 Å². The van der Waals surface area contributed by atoms with Crippen LogP contribution in [-0.4, -0.2) is 5.71 Å². The molecule has 2 nitrogen and oxygen atoms in total. The van der Waals surface area contributed by atoms with Crippen molar-refractivity contribution >= 4 is 49.9 Å². The molecule has 1 saturated carbocycles. The fourth-order valence-corrected chi connectivity index (χ4v) is 2.54. The van der Waals surface area contributed by atoms with Crippen LogP contribution in [0, 0.1) is 9.39 Å². The molecule has 1 aliphatic carbocycles. The van der Waals surface area contributed by atoms with Crippen molar-refractivity contribution in [2.24, 2.45) is 5.10 Å². The van der Waals surface area contributed by atoms with Gasteiger partial charge in [-0.3, -0.25) is 5.43 Å². The second-order valence-corrected chi connectivity index (χ2v) is 5.76. The van der Waals surface area contributed by atoms with Crippen LogP contribution in [-0.2, 0) is 0 Å². The Labute approximate surface area is 116 Å². The number of nitrogens with one attached hydrogen (secondary N) is 1. The minimum atomic E-state index is -0.247. The van der Waals surface area contributed by atoms with Crippen molar-refractivity contribution in [3.8, 4) is 0 Å². The minimum Gasteiger partial charge on any atom is -0.277 e. The Morgan fingerprint density at radius 1 is 1.31 bits per heavy atom. The second kappa shape index (κ2) is 5.44. The summed E-state index contributed by atoms with van der Waals surface area (Å²) in [6, 6.07) is 3.21. The molecule has 1 aromatic carbocycles. The Kier molecular flexibility index (Phi) is 4.18. The Balaban J connectivity index is 2.15. The van der Waals surface area contributed by atoms with Gasteiger partial charge >= 0.3 is 0 Å². The van der Waals surface area contributed by atoms with Crippen LogP contribution in [0.15, 0.2) is 21.7 Å². The van der Waals surface area contributed by atoms with E-state index in [1.54, 1.807) is 6.07 Å². The van der Waals surface area contributed by atoms with Gasteiger partial charge in [-0.05, 0) is 76.3 Å². The number of anilines is 1. The van der Waals surface area contributed by atoms with E-state index in [2.05, 4.69) is 49.0 Å². The van der Waals surface area contributed by atoms with Gasteiger partial charge < -0.3 is 0 Å². The summed E-state index contributed by atoms with van der Waals surface area (Å²) >= 11 is 5.26. The maximum absolute atomic E-state index is 13.2. The lowest BCUT2D eigenvalue weighted by atomic mass is 10.3. The van der Waals surface area contributed by atoms with Crippen molar-refractivity contribution in [1.82, 2.24) is 0 Å². The molecular weight excluding hydrogens is 386 g/mol. The molecule has 0 heterocycles. The third-order valence-corrected chi connectivity index (χ3v) is 4.03. The predicted molar refractivity (Wildman–Crippen MR) is 76.3 cm³/mol. The summed E-state index contributed by atoms with van der Waals surface area (Å²) in [5.41, 5.74) is 5.05. The van der Waals surface area contributed by atoms with Crippen molar-refractivity contribution in [3.63, 3.8) is 0 Å². The van der Waals surface area contributed by atoms with Crippen LogP contribution in [0.3, 0.4) is 0 Å². The lowest BCUT2D eigenvalue weighted by molar-refractivity contribution is 0.620. The molecule has 0 radical (unpaired) electrons. The van der Waals surface area contributed by atoms with E-state index in [4.69, 9.17) is 0 Å². The Bertz CT molecular complexity index is 426. The molecule has 0 amide bonds. The summed E-state index contributed by atoms with van der Waals surface area (Å²) in [5.74, 6) is -0.247. The van der Waals surface area contributed by atoms with Crippen LogP contribution in [0.2, 0.25) is 0 Å². The Hall–Kier alpha value is -0.170. The number of rotatable bonds is 2. The zero-order valence-corrected chi connectivity index (χ0v) is 12.3. The van der Waals surface area contributed by atoms with Gasteiger partial charge in [0.05, 0.1) is 10.2 Å². The SMILES string of the molecule is Fc1cc(I)c(NN=C2CCCC2)cc1Br. The molecule has 86 valence electrons. The quantitative estimate of drug-likeness (QED) is 0.443. The molecule has 0 unspecified atom stereocenters. The third kappa shape index (κ3) is 2.94. The third-order valence-electron chi connectivity index (χ3n) is 2.53. The number of nitrogens with zero attached hydrogens (tertiary/aromatic N) is 1. The van der Waals surface area contributed by atoms with E-state index in [1.165, 1.54) is 24.6 Å². The van der Waals surface area contributed by atoms with E-state index < -0.39 is 0 Å². The Morgan fingerprint density at radius 2 is 2.00 bits per heavy atom. The van der Waals surface area contributed by atoms with E-state index in [-0.39, 0.29) is 5.82 Å². The summed E-state index contributed by atoms with van der Waals surface area (Å²) in [6.45, 7) is 0. The molecular formula is C11H11BrFIN2. The highest BCUT2D eigenvalue weighted by Gasteiger charge is 2.09. The van der Waals surface area contributed by atoms with Gasteiger partial charge in [-0.15, -0.1) is 0 Å². The molecule has 1 aliphatic rings. The first kappa shape index (κ1) is 12.3. The number of benzene rings is 1. The van der Waals surface area contributed by atoms with Crippen LogP contribution in [0.4, 0.5) is 10.1 Å². The van der Waals surface area contributed by atoms with E-state index in [9.17, 15) is 4.39 Å². The van der Waals surface area contributed by atoms with Crippen molar-refractivity contribution in [2.75, 3.05) is 5.43 Å². The highest BCUT2D eigenvalue weighted by molar-refractivity contribution is 14.1. The predicted octanol–water partition coefficient (Wildman–Crippen LogP) is 4.53. The number of hydrogen-bond donors (Lipinski definition) is 1. The summed E-state index contributed by atoms with van der Waals surface area (Å²) in [5, 5.41) is 4.34. The van der Waals surface area contributed by atoms with Crippen molar-refractivity contribution in [1.29, 1.82) is 0 Å². The fourth-order valence-electron chi connectivity index (χ4n) is 1.64. The normalized spacial score (nSPS) is 15.3. The summed E-state index contributed by atoms with van der Waals surface area (Å²) in [4.78, 5) is 0. The topological polar surface area (TPSA) is 24.4 Å². The molecule has 1 N–H and O–H groups in total. The molecule has 1 aromatic rings. The molecule has 0 bridgehead atoms. The summed E-state index contributed by atoms with van der Waals surface area (Å²) in [6.07, 6.45) is 4.60. The molecule has 0 aromatic heterocycles. The standard InChI is InChI=1S/C11H11BrFIN2/c12-8-5-11(10(14)6-9(8)13)16-15-7-3-1-2-4-7/h5-6,16H,1-4H2. The van der Waals surface area contributed by atoms with E-state index >= 15 is 0 Å². The number of hydrazone groups is 1. The van der Waals surface area contributed by atoms with Crippen LogP contribution in [0.25, 0.3) is 0 Å². The van der Waals surface area contributed by atoms with Crippen LogP contribution in [0.1, 0.15) is 25.7 Å². The first-order valence-electron chi connectivity index (χ1n) is 5.13. The average molecular weight is 397 g/mol.